The van der Waals surface area contributed by atoms with Gasteiger partial charge in [0.2, 0.25) is 0 Å². The molecule has 0 heterocycles. The van der Waals surface area contributed by atoms with Gasteiger partial charge in [-0.15, -0.1) is 0 Å². The van der Waals surface area contributed by atoms with E-state index in [-0.39, 0.29) is 6.04 Å². The average Bonchev–Trinajstić information content (AvgIpc) is 2.18. The van der Waals surface area contributed by atoms with Crippen molar-refractivity contribution in [3.8, 4) is 0 Å². The van der Waals surface area contributed by atoms with E-state index in [9.17, 15) is 0 Å². The van der Waals surface area contributed by atoms with Gasteiger partial charge in [-0.2, -0.15) is 0 Å². The highest BCUT2D eigenvalue weighted by molar-refractivity contribution is 5.25. The highest BCUT2D eigenvalue weighted by atomic mass is 14.6. The molecule has 0 aliphatic heterocycles. The SMILES string of the molecule is C=C(C)C(N)Cc1cccc(CC)c1. The Morgan fingerprint density at radius 2 is 2.07 bits per heavy atom. The van der Waals surface area contributed by atoms with E-state index >= 15 is 0 Å². The zero-order valence-electron chi connectivity index (χ0n) is 9.09. The van der Waals surface area contributed by atoms with E-state index in [0.29, 0.717) is 0 Å². The molecule has 0 radical (unpaired) electrons. The molecule has 1 aromatic rings. The smallest absolute Gasteiger partial charge is 0.0289 e. The maximum atomic E-state index is 5.94. The van der Waals surface area contributed by atoms with Gasteiger partial charge in [-0.25, -0.2) is 0 Å². The first-order valence-corrected chi connectivity index (χ1v) is 5.12. The topological polar surface area (TPSA) is 26.0 Å². The Bertz CT molecular complexity index is 315. The van der Waals surface area contributed by atoms with E-state index in [1.54, 1.807) is 0 Å². The van der Waals surface area contributed by atoms with Gasteiger partial charge in [0, 0.05) is 6.04 Å². The molecule has 2 N–H and O–H groups in total. The number of nitrogens with two attached hydrogens (primary N) is 1. The van der Waals surface area contributed by atoms with Crippen LogP contribution in [-0.2, 0) is 12.8 Å². The van der Waals surface area contributed by atoms with Gasteiger partial charge in [0.05, 0.1) is 0 Å². The molecule has 1 heteroatoms. The molecular formula is C13H19N. The fourth-order valence-electron chi connectivity index (χ4n) is 1.40. The summed E-state index contributed by atoms with van der Waals surface area (Å²) in [5.74, 6) is 0. The van der Waals surface area contributed by atoms with E-state index < -0.39 is 0 Å². The maximum absolute atomic E-state index is 5.94. The quantitative estimate of drug-likeness (QED) is 0.724. The van der Waals surface area contributed by atoms with Crippen LogP contribution in [-0.4, -0.2) is 6.04 Å². The van der Waals surface area contributed by atoms with Crippen molar-refractivity contribution in [2.24, 2.45) is 5.73 Å². The van der Waals surface area contributed by atoms with Gasteiger partial charge in [-0.1, -0.05) is 43.3 Å². The highest BCUT2D eigenvalue weighted by Crippen LogP contribution is 2.10. The fourth-order valence-corrected chi connectivity index (χ4v) is 1.40. The number of hydrogen-bond donors (Lipinski definition) is 1. The summed E-state index contributed by atoms with van der Waals surface area (Å²) in [5.41, 5.74) is 9.67. The summed E-state index contributed by atoms with van der Waals surface area (Å²) < 4.78 is 0. The zero-order valence-corrected chi connectivity index (χ0v) is 9.09. The lowest BCUT2D eigenvalue weighted by Crippen LogP contribution is -2.23. The van der Waals surface area contributed by atoms with Crippen LogP contribution in [0.1, 0.15) is 25.0 Å². The molecule has 0 saturated heterocycles. The molecule has 1 atom stereocenters. The van der Waals surface area contributed by atoms with Crippen molar-refractivity contribution in [2.45, 2.75) is 32.7 Å². The number of aryl methyl sites for hydroxylation is 1. The Labute approximate surface area is 86.6 Å². The third-order valence-electron chi connectivity index (χ3n) is 2.49. The Hall–Kier alpha value is -1.08. The molecule has 0 aliphatic carbocycles. The molecule has 1 rings (SSSR count). The summed E-state index contributed by atoms with van der Waals surface area (Å²) in [6, 6.07) is 8.68. The van der Waals surface area contributed by atoms with Gasteiger partial charge >= 0.3 is 0 Å². The van der Waals surface area contributed by atoms with Gasteiger partial charge < -0.3 is 5.73 Å². The average molecular weight is 189 g/mol. The molecule has 0 spiro atoms. The van der Waals surface area contributed by atoms with Crippen LogP contribution in [0.5, 0.6) is 0 Å². The van der Waals surface area contributed by atoms with E-state index in [2.05, 4.69) is 37.8 Å². The molecule has 0 amide bonds. The van der Waals surface area contributed by atoms with Crippen molar-refractivity contribution in [3.05, 3.63) is 47.5 Å². The van der Waals surface area contributed by atoms with Crippen LogP contribution >= 0.6 is 0 Å². The lowest BCUT2D eigenvalue weighted by molar-refractivity contribution is 0.765. The van der Waals surface area contributed by atoms with Gasteiger partial charge in [0.1, 0.15) is 0 Å². The van der Waals surface area contributed by atoms with Crippen LogP contribution in [0.25, 0.3) is 0 Å². The van der Waals surface area contributed by atoms with Crippen LogP contribution in [0.4, 0.5) is 0 Å². The summed E-state index contributed by atoms with van der Waals surface area (Å²) in [7, 11) is 0. The molecule has 0 fully saturated rings. The molecule has 1 unspecified atom stereocenters. The number of hydrogen-bond acceptors (Lipinski definition) is 1. The minimum absolute atomic E-state index is 0.0853. The van der Waals surface area contributed by atoms with Crippen LogP contribution in [0, 0.1) is 0 Å². The van der Waals surface area contributed by atoms with Crippen LogP contribution in [0.2, 0.25) is 0 Å². The minimum atomic E-state index is 0.0853. The Kier molecular flexibility index (Phi) is 3.90. The summed E-state index contributed by atoms with van der Waals surface area (Å²) in [6.45, 7) is 8.01. The fraction of sp³-hybridized carbons (Fsp3) is 0.385. The molecule has 0 bridgehead atoms. The van der Waals surface area contributed by atoms with E-state index in [0.717, 1.165) is 18.4 Å². The normalized spacial score (nSPS) is 12.5. The van der Waals surface area contributed by atoms with Crippen LogP contribution in [0.3, 0.4) is 0 Å². The van der Waals surface area contributed by atoms with Crippen molar-refractivity contribution in [3.63, 3.8) is 0 Å². The summed E-state index contributed by atoms with van der Waals surface area (Å²) in [4.78, 5) is 0. The van der Waals surface area contributed by atoms with Crippen LogP contribution in [0.15, 0.2) is 36.4 Å². The van der Waals surface area contributed by atoms with Crippen molar-refractivity contribution in [2.75, 3.05) is 0 Å². The molecule has 76 valence electrons. The standard InChI is InChI=1S/C13H19N/c1-4-11-6-5-7-12(8-11)9-13(14)10(2)3/h5-8,13H,2,4,9,14H2,1,3H3. The monoisotopic (exact) mass is 189 g/mol. The number of rotatable bonds is 4. The largest absolute Gasteiger partial charge is 0.324 e. The Morgan fingerprint density at radius 1 is 1.43 bits per heavy atom. The van der Waals surface area contributed by atoms with E-state index in [4.69, 9.17) is 5.73 Å². The third-order valence-corrected chi connectivity index (χ3v) is 2.49. The Balaban J connectivity index is 2.71. The van der Waals surface area contributed by atoms with Crippen molar-refractivity contribution in [1.82, 2.24) is 0 Å². The molecular weight excluding hydrogens is 170 g/mol. The molecule has 0 aliphatic rings. The summed E-state index contributed by atoms with van der Waals surface area (Å²) in [6.07, 6.45) is 1.97. The lowest BCUT2D eigenvalue weighted by atomic mass is 10.00. The van der Waals surface area contributed by atoms with Crippen molar-refractivity contribution in [1.29, 1.82) is 0 Å². The van der Waals surface area contributed by atoms with Gasteiger partial charge in [0.15, 0.2) is 0 Å². The second kappa shape index (κ2) is 4.97. The van der Waals surface area contributed by atoms with E-state index in [1.165, 1.54) is 11.1 Å². The van der Waals surface area contributed by atoms with E-state index in [1.807, 2.05) is 6.92 Å². The third kappa shape index (κ3) is 3.00. The predicted molar refractivity (Wildman–Crippen MR) is 62.3 cm³/mol. The first-order chi connectivity index (χ1) is 6.63. The maximum Gasteiger partial charge on any atom is 0.0289 e. The second-order valence-corrected chi connectivity index (χ2v) is 3.83. The first-order valence-electron chi connectivity index (χ1n) is 5.12. The Morgan fingerprint density at radius 3 is 2.64 bits per heavy atom. The first kappa shape index (κ1) is 11.0. The zero-order chi connectivity index (χ0) is 10.6. The molecule has 14 heavy (non-hydrogen) atoms. The molecule has 1 nitrogen and oxygen atoms in total. The van der Waals surface area contributed by atoms with Crippen LogP contribution < -0.4 is 5.73 Å². The highest BCUT2D eigenvalue weighted by Gasteiger charge is 2.04. The summed E-state index contributed by atoms with van der Waals surface area (Å²) in [5, 5.41) is 0. The number of benzene rings is 1. The molecule has 0 saturated carbocycles. The lowest BCUT2D eigenvalue weighted by Gasteiger charge is -2.11. The molecule has 0 aromatic heterocycles. The van der Waals surface area contributed by atoms with Gasteiger partial charge in [-0.05, 0) is 30.9 Å². The van der Waals surface area contributed by atoms with Gasteiger partial charge in [0.25, 0.3) is 0 Å². The predicted octanol–water partition coefficient (Wildman–Crippen LogP) is 2.69. The van der Waals surface area contributed by atoms with Crippen molar-refractivity contribution >= 4 is 0 Å². The van der Waals surface area contributed by atoms with Crippen molar-refractivity contribution < 1.29 is 0 Å². The van der Waals surface area contributed by atoms with Gasteiger partial charge in [-0.3, -0.25) is 0 Å². The summed E-state index contributed by atoms with van der Waals surface area (Å²) >= 11 is 0. The minimum Gasteiger partial charge on any atom is -0.324 e. The molecule has 1 aromatic carbocycles. The second-order valence-electron chi connectivity index (χ2n) is 3.83.